The van der Waals surface area contributed by atoms with E-state index >= 15 is 0 Å². The Morgan fingerprint density at radius 1 is 1.39 bits per heavy atom. The van der Waals surface area contributed by atoms with Crippen molar-refractivity contribution in [2.24, 2.45) is 0 Å². The van der Waals surface area contributed by atoms with Gasteiger partial charge in [-0.05, 0) is 12.5 Å². The smallest absolute Gasteiger partial charge is 0.253 e. The minimum atomic E-state index is -0.292. The van der Waals surface area contributed by atoms with E-state index in [9.17, 15) is 9.59 Å². The third-order valence-corrected chi connectivity index (χ3v) is 2.32. The SMILES string of the molecule is CCCNc1cnccc1C(=O)NCC(=O)NC. The second-order valence-corrected chi connectivity index (χ2v) is 3.70. The highest BCUT2D eigenvalue weighted by Crippen LogP contribution is 2.12. The lowest BCUT2D eigenvalue weighted by atomic mass is 10.2. The number of aromatic nitrogens is 1. The molecule has 0 aliphatic heterocycles. The van der Waals surface area contributed by atoms with E-state index < -0.39 is 0 Å². The lowest BCUT2D eigenvalue weighted by molar-refractivity contribution is -0.119. The Bertz CT molecular complexity index is 420. The van der Waals surface area contributed by atoms with Crippen molar-refractivity contribution in [3.8, 4) is 0 Å². The highest BCUT2D eigenvalue weighted by molar-refractivity contribution is 6.00. The quantitative estimate of drug-likeness (QED) is 0.681. The number of hydrogen-bond donors (Lipinski definition) is 3. The molecule has 0 spiro atoms. The molecule has 6 nitrogen and oxygen atoms in total. The van der Waals surface area contributed by atoms with Crippen molar-refractivity contribution >= 4 is 17.5 Å². The monoisotopic (exact) mass is 250 g/mol. The van der Waals surface area contributed by atoms with Gasteiger partial charge in [-0.15, -0.1) is 0 Å². The first kappa shape index (κ1) is 14.0. The van der Waals surface area contributed by atoms with Crippen molar-refractivity contribution < 1.29 is 9.59 Å². The van der Waals surface area contributed by atoms with E-state index in [4.69, 9.17) is 0 Å². The molecule has 6 heteroatoms. The molecule has 98 valence electrons. The molecule has 0 saturated carbocycles. The van der Waals surface area contributed by atoms with Gasteiger partial charge in [0.05, 0.1) is 24.0 Å². The van der Waals surface area contributed by atoms with Crippen LogP contribution in [0.3, 0.4) is 0 Å². The first-order valence-electron chi connectivity index (χ1n) is 5.85. The first-order valence-corrected chi connectivity index (χ1v) is 5.85. The number of hydrogen-bond acceptors (Lipinski definition) is 4. The molecule has 0 aliphatic rings. The fourth-order valence-corrected chi connectivity index (χ4v) is 1.34. The van der Waals surface area contributed by atoms with Crippen molar-refractivity contribution in [3.63, 3.8) is 0 Å². The average molecular weight is 250 g/mol. The number of nitrogens with one attached hydrogen (secondary N) is 3. The van der Waals surface area contributed by atoms with E-state index in [1.165, 1.54) is 7.05 Å². The predicted molar refractivity (Wildman–Crippen MR) is 69.4 cm³/mol. The van der Waals surface area contributed by atoms with Crippen LogP contribution in [0.1, 0.15) is 23.7 Å². The highest BCUT2D eigenvalue weighted by atomic mass is 16.2. The number of anilines is 1. The lowest BCUT2D eigenvalue weighted by Crippen LogP contribution is -2.35. The van der Waals surface area contributed by atoms with Crippen LogP contribution in [0.2, 0.25) is 0 Å². The van der Waals surface area contributed by atoms with Crippen LogP contribution < -0.4 is 16.0 Å². The van der Waals surface area contributed by atoms with E-state index in [-0.39, 0.29) is 18.4 Å². The van der Waals surface area contributed by atoms with Gasteiger partial charge in [-0.1, -0.05) is 6.92 Å². The van der Waals surface area contributed by atoms with Gasteiger partial charge in [-0.2, -0.15) is 0 Å². The molecule has 2 amide bonds. The van der Waals surface area contributed by atoms with E-state index in [0.717, 1.165) is 13.0 Å². The summed E-state index contributed by atoms with van der Waals surface area (Å²) in [6.07, 6.45) is 4.10. The van der Waals surface area contributed by atoms with E-state index in [1.54, 1.807) is 18.5 Å². The van der Waals surface area contributed by atoms with Gasteiger partial charge in [0.25, 0.3) is 5.91 Å². The van der Waals surface area contributed by atoms with Crippen LogP contribution in [0.15, 0.2) is 18.5 Å². The van der Waals surface area contributed by atoms with E-state index in [1.807, 2.05) is 6.92 Å². The van der Waals surface area contributed by atoms with Gasteiger partial charge in [-0.3, -0.25) is 14.6 Å². The van der Waals surface area contributed by atoms with Crippen LogP contribution in [0.25, 0.3) is 0 Å². The van der Waals surface area contributed by atoms with Crippen molar-refractivity contribution in [3.05, 3.63) is 24.0 Å². The van der Waals surface area contributed by atoms with Crippen LogP contribution >= 0.6 is 0 Å². The molecule has 1 heterocycles. The number of carbonyl (C=O) groups excluding carboxylic acids is 2. The normalized spacial score (nSPS) is 9.67. The van der Waals surface area contributed by atoms with Gasteiger partial charge in [0.1, 0.15) is 0 Å². The van der Waals surface area contributed by atoms with Crippen LogP contribution in [0.4, 0.5) is 5.69 Å². The molecule has 0 atom stereocenters. The van der Waals surface area contributed by atoms with E-state index in [2.05, 4.69) is 20.9 Å². The van der Waals surface area contributed by atoms with Crippen LogP contribution in [-0.4, -0.2) is 36.9 Å². The topological polar surface area (TPSA) is 83.1 Å². The highest BCUT2D eigenvalue weighted by Gasteiger charge is 2.11. The minimum absolute atomic E-state index is 0.0368. The zero-order valence-electron chi connectivity index (χ0n) is 10.6. The van der Waals surface area contributed by atoms with Crippen LogP contribution in [0.5, 0.6) is 0 Å². The minimum Gasteiger partial charge on any atom is -0.383 e. The van der Waals surface area contributed by atoms with Gasteiger partial charge < -0.3 is 16.0 Å². The Hall–Kier alpha value is -2.11. The van der Waals surface area contributed by atoms with Crippen molar-refractivity contribution in [2.75, 3.05) is 25.5 Å². The Morgan fingerprint density at radius 3 is 2.83 bits per heavy atom. The Morgan fingerprint density at radius 2 is 2.17 bits per heavy atom. The predicted octanol–water partition coefficient (Wildman–Crippen LogP) is 0.379. The number of rotatable bonds is 6. The summed E-state index contributed by atoms with van der Waals surface area (Å²) in [5, 5.41) is 8.11. The molecule has 1 aromatic rings. The Balaban J connectivity index is 2.69. The summed E-state index contributed by atoms with van der Waals surface area (Å²) in [6, 6.07) is 1.62. The molecular formula is C12H18N4O2. The summed E-state index contributed by atoms with van der Waals surface area (Å²) in [4.78, 5) is 26.9. The summed E-state index contributed by atoms with van der Waals surface area (Å²) < 4.78 is 0. The molecule has 1 rings (SSSR count). The Kier molecular flexibility index (Phi) is 5.63. The van der Waals surface area contributed by atoms with Crippen LogP contribution in [0, 0.1) is 0 Å². The second kappa shape index (κ2) is 7.26. The Labute approximate surface area is 106 Å². The number of nitrogens with zero attached hydrogens (tertiary/aromatic N) is 1. The standard InChI is InChI=1S/C12H18N4O2/c1-3-5-15-10-7-14-6-4-9(10)12(18)16-8-11(17)13-2/h4,6-7,15H,3,5,8H2,1-2H3,(H,13,17)(H,16,18). The summed E-state index contributed by atoms with van der Waals surface area (Å²) in [5.74, 6) is -0.528. The largest absolute Gasteiger partial charge is 0.383 e. The molecular weight excluding hydrogens is 232 g/mol. The molecule has 0 aromatic carbocycles. The van der Waals surface area contributed by atoms with Gasteiger partial charge >= 0.3 is 0 Å². The zero-order chi connectivity index (χ0) is 13.4. The average Bonchev–Trinajstić information content (AvgIpc) is 2.42. The molecule has 0 bridgehead atoms. The van der Waals surface area contributed by atoms with Gasteiger partial charge in [-0.25, -0.2) is 0 Å². The molecule has 0 saturated heterocycles. The fraction of sp³-hybridized carbons (Fsp3) is 0.417. The number of carbonyl (C=O) groups is 2. The fourth-order valence-electron chi connectivity index (χ4n) is 1.34. The van der Waals surface area contributed by atoms with Crippen molar-refractivity contribution in [2.45, 2.75) is 13.3 Å². The maximum Gasteiger partial charge on any atom is 0.253 e. The summed E-state index contributed by atoms with van der Waals surface area (Å²) in [6.45, 7) is 2.76. The third kappa shape index (κ3) is 4.04. The molecule has 0 radical (unpaired) electrons. The van der Waals surface area contributed by atoms with E-state index in [0.29, 0.717) is 11.3 Å². The van der Waals surface area contributed by atoms with Crippen LogP contribution in [-0.2, 0) is 4.79 Å². The molecule has 0 unspecified atom stereocenters. The number of likely N-dealkylation sites (N-methyl/N-ethyl adjacent to an activating group) is 1. The number of amides is 2. The van der Waals surface area contributed by atoms with Gasteiger partial charge in [0, 0.05) is 19.8 Å². The molecule has 0 aliphatic carbocycles. The lowest BCUT2D eigenvalue weighted by Gasteiger charge is -2.10. The maximum atomic E-state index is 11.9. The summed E-state index contributed by atoms with van der Waals surface area (Å²) in [5.41, 5.74) is 1.16. The summed E-state index contributed by atoms with van der Waals surface area (Å²) in [7, 11) is 1.52. The summed E-state index contributed by atoms with van der Waals surface area (Å²) >= 11 is 0. The first-order chi connectivity index (χ1) is 8.69. The molecule has 18 heavy (non-hydrogen) atoms. The maximum absolute atomic E-state index is 11.9. The third-order valence-electron chi connectivity index (χ3n) is 2.32. The second-order valence-electron chi connectivity index (χ2n) is 3.70. The molecule has 1 aromatic heterocycles. The van der Waals surface area contributed by atoms with Gasteiger partial charge in [0.15, 0.2) is 0 Å². The van der Waals surface area contributed by atoms with Crippen molar-refractivity contribution in [1.82, 2.24) is 15.6 Å². The van der Waals surface area contributed by atoms with Crippen molar-refractivity contribution in [1.29, 1.82) is 0 Å². The zero-order valence-corrected chi connectivity index (χ0v) is 10.6. The molecule has 3 N–H and O–H groups in total. The van der Waals surface area contributed by atoms with Gasteiger partial charge in [0.2, 0.25) is 5.91 Å². The number of pyridine rings is 1. The molecule has 0 fully saturated rings.